The summed E-state index contributed by atoms with van der Waals surface area (Å²) in [5.41, 5.74) is 3.07. The van der Waals surface area contributed by atoms with Crippen LogP contribution in [0.25, 0.3) is 11.3 Å². The van der Waals surface area contributed by atoms with E-state index in [1.807, 2.05) is 50.4 Å². The molecule has 1 N–H and O–H groups in total. The van der Waals surface area contributed by atoms with Crippen LogP contribution in [0.5, 0.6) is 0 Å². The fraction of sp³-hybridized carbons (Fsp3) is 0.655. The van der Waals surface area contributed by atoms with Crippen LogP contribution < -0.4 is 0 Å². The highest BCUT2D eigenvalue weighted by Crippen LogP contribution is 2.78. The SMILES string of the molecule is C=C(C)[C@@H]1CC[C@]2(C(=O)N3CCCC3c3ncc(-c4ccc(F)cc4)[nH]3)CC[C@]3(C)[C@H](CC[C@@H]4[C@@]5(C)CC[C@H](OC(=O)C6CC(C(=O)OCc7ccccc7)C6(C)C)C(C)(C)[C@@H]5CC[C@]43C)[C@@H]12. The number of nitrogens with zero attached hydrogens (tertiary/aromatic N) is 2. The van der Waals surface area contributed by atoms with Gasteiger partial charge in [0.1, 0.15) is 24.4 Å². The molecule has 6 aliphatic carbocycles. The van der Waals surface area contributed by atoms with E-state index < -0.39 is 10.8 Å². The molecule has 1 aliphatic heterocycles. The van der Waals surface area contributed by atoms with Crippen LogP contribution >= 0.6 is 0 Å². The van der Waals surface area contributed by atoms with Crippen LogP contribution in [-0.2, 0) is 30.5 Å². The third-order valence-electron chi connectivity index (χ3n) is 21.3. The molecule has 1 amide bonds. The zero-order valence-corrected chi connectivity index (χ0v) is 41.6. The Kier molecular flexibility index (Phi) is 11.4. The minimum Gasteiger partial charge on any atom is -0.462 e. The van der Waals surface area contributed by atoms with Crippen LogP contribution in [0, 0.1) is 79.7 Å². The summed E-state index contributed by atoms with van der Waals surface area (Å²) in [7, 11) is 0. The average molecular weight is 914 g/mol. The number of imidazole rings is 1. The number of aromatic nitrogens is 2. The first-order valence-electron chi connectivity index (χ1n) is 25.9. The number of halogens is 1. The third-order valence-corrected chi connectivity index (χ3v) is 21.3. The summed E-state index contributed by atoms with van der Waals surface area (Å²) in [6, 6.07) is 16.1. The molecule has 7 fully saturated rings. The van der Waals surface area contributed by atoms with Gasteiger partial charge < -0.3 is 19.4 Å². The van der Waals surface area contributed by atoms with Gasteiger partial charge in [-0.3, -0.25) is 14.4 Å². The standard InChI is InChI=1S/C58H76FN3O5/c1-35(2)39-23-28-58(52(65)62-31-13-16-44(62)49-60-33-43(61-49)37-17-19-38(59)20-18-37)30-29-56(8)40(48(39)58)21-22-46-55(7)26-25-47(54(5,6)45(55)24-27-57(46,56)9)67-51(64)42-32-41(53(42,3)4)50(63)66-34-36-14-11-10-12-15-36/h10-12,14-15,17-20,33,39-42,44-48H,1,13,16,21-32,34H2,2-9H3,(H,60,61)/t39-,40+,41?,42?,44?,45-,46+,47-,48+,55-,56+,57+,58-/m0/s1. The zero-order valence-electron chi connectivity index (χ0n) is 41.6. The molecule has 7 aliphatic rings. The Hall–Kier alpha value is -4.27. The monoisotopic (exact) mass is 914 g/mol. The predicted molar refractivity (Wildman–Crippen MR) is 258 cm³/mol. The van der Waals surface area contributed by atoms with Gasteiger partial charge in [-0.25, -0.2) is 9.37 Å². The maximum Gasteiger partial charge on any atom is 0.309 e. The molecule has 0 spiro atoms. The normalized spacial score (nSPS) is 39.2. The number of H-pyrrole nitrogens is 1. The fourth-order valence-corrected chi connectivity index (χ4v) is 17.3. The molecule has 6 saturated carbocycles. The van der Waals surface area contributed by atoms with Crippen molar-refractivity contribution in [3.05, 3.63) is 90.2 Å². The molecule has 0 bridgehead atoms. The van der Waals surface area contributed by atoms with Gasteiger partial charge in [0.2, 0.25) is 5.91 Å². The van der Waals surface area contributed by atoms with Crippen LogP contribution in [0.4, 0.5) is 4.39 Å². The van der Waals surface area contributed by atoms with Crippen molar-refractivity contribution >= 4 is 17.8 Å². The Labute approximate surface area is 399 Å². The van der Waals surface area contributed by atoms with E-state index in [9.17, 15) is 14.0 Å². The van der Waals surface area contributed by atoms with E-state index in [1.165, 1.54) is 17.7 Å². The number of nitrogens with one attached hydrogen (secondary N) is 1. The lowest BCUT2D eigenvalue weighted by Gasteiger charge is -2.73. The van der Waals surface area contributed by atoms with Crippen molar-refractivity contribution in [2.24, 2.45) is 73.9 Å². The van der Waals surface area contributed by atoms with E-state index in [1.54, 1.807) is 12.1 Å². The molecular weight excluding hydrogens is 838 g/mol. The van der Waals surface area contributed by atoms with Crippen molar-refractivity contribution in [3.63, 3.8) is 0 Å². The first kappa shape index (κ1) is 46.5. The molecule has 1 aromatic heterocycles. The van der Waals surface area contributed by atoms with E-state index in [4.69, 9.17) is 14.5 Å². The molecule has 13 atom stereocenters. The summed E-state index contributed by atoms with van der Waals surface area (Å²) in [5, 5.41) is 0. The fourth-order valence-electron chi connectivity index (χ4n) is 17.3. The Morgan fingerprint density at radius 1 is 0.791 bits per heavy atom. The van der Waals surface area contributed by atoms with Crippen molar-refractivity contribution in [2.45, 2.75) is 158 Å². The topological polar surface area (TPSA) is 102 Å². The van der Waals surface area contributed by atoms with Gasteiger partial charge in [-0.2, -0.15) is 0 Å². The summed E-state index contributed by atoms with van der Waals surface area (Å²) in [6.45, 7) is 24.5. The average Bonchev–Trinajstić information content (AvgIpc) is 4.07. The second-order valence-electron chi connectivity index (χ2n) is 24.7. The number of esters is 2. The van der Waals surface area contributed by atoms with Gasteiger partial charge in [0.15, 0.2) is 0 Å². The van der Waals surface area contributed by atoms with Crippen LogP contribution in [0.3, 0.4) is 0 Å². The molecule has 360 valence electrons. The van der Waals surface area contributed by atoms with Crippen LogP contribution in [0.15, 0.2) is 72.9 Å². The van der Waals surface area contributed by atoms with Gasteiger partial charge in [-0.15, -0.1) is 0 Å². The van der Waals surface area contributed by atoms with Crippen molar-refractivity contribution in [1.29, 1.82) is 0 Å². The van der Waals surface area contributed by atoms with Crippen molar-refractivity contribution in [3.8, 4) is 11.3 Å². The summed E-state index contributed by atoms with van der Waals surface area (Å²) in [6.07, 6.45) is 14.3. The number of ether oxygens (including phenoxy) is 2. The molecular formula is C58H76FN3O5. The summed E-state index contributed by atoms with van der Waals surface area (Å²) < 4.78 is 26.1. The second kappa shape index (κ2) is 16.4. The van der Waals surface area contributed by atoms with E-state index in [2.05, 4.69) is 58.0 Å². The minimum absolute atomic E-state index is 0.0773. The van der Waals surface area contributed by atoms with Gasteiger partial charge in [-0.1, -0.05) is 91.0 Å². The number of amides is 1. The molecule has 0 radical (unpaired) electrons. The molecule has 67 heavy (non-hydrogen) atoms. The number of rotatable bonds is 9. The number of hydrogen-bond donors (Lipinski definition) is 1. The van der Waals surface area contributed by atoms with E-state index in [0.717, 1.165) is 106 Å². The molecule has 2 aromatic carbocycles. The van der Waals surface area contributed by atoms with Gasteiger partial charge in [-0.05, 0) is 177 Å². The largest absolute Gasteiger partial charge is 0.462 e. The number of allylic oxidation sites excluding steroid dienone is 1. The molecule has 2 heterocycles. The minimum atomic E-state index is -0.532. The van der Waals surface area contributed by atoms with Gasteiger partial charge in [0, 0.05) is 12.0 Å². The first-order valence-corrected chi connectivity index (χ1v) is 25.9. The predicted octanol–water partition coefficient (Wildman–Crippen LogP) is 12.9. The maximum atomic E-state index is 15.6. The number of carbonyl (C=O) groups excluding carboxylic acids is 3. The molecule has 9 heteroatoms. The smallest absolute Gasteiger partial charge is 0.309 e. The Morgan fingerprint density at radius 2 is 1.52 bits per heavy atom. The molecule has 1 saturated heterocycles. The van der Waals surface area contributed by atoms with Crippen LogP contribution in [0.2, 0.25) is 0 Å². The lowest BCUT2D eigenvalue weighted by Crippen LogP contribution is -2.67. The third kappa shape index (κ3) is 7.05. The van der Waals surface area contributed by atoms with E-state index >= 15 is 4.79 Å². The molecule has 3 unspecified atom stereocenters. The second-order valence-corrected chi connectivity index (χ2v) is 24.7. The van der Waals surface area contributed by atoms with Crippen molar-refractivity contribution in [2.75, 3.05) is 6.54 Å². The van der Waals surface area contributed by atoms with Gasteiger partial charge >= 0.3 is 11.9 Å². The quantitative estimate of drug-likeness (QED) is 0.169. The molecule has 8 nitrogen and oxygen atoms in total. The molecule has 10 rings (SSSR count). The van der Waals surface area contributed by atoms with E-state index in [-0.39, 0.29) is 75.9 Å². The van der Waals surface area contributed by atoms with Gasteiger partial charge in [0.25, 0.3) is 0 Å². The number of likely N-dealkylation sites (tertiary alicyclic amines) is 1. The summed E-state index contributed by atoms with van der Waals surface area (Å²) in [5.74, 6) is 1.83. The number of carbonyl (C=O) groups is 3. The van der Waals surface area contributed by atoms with Crippen molar-refractivity contribution in [1.82, 2.24) is 14.9 Å². The number of benzene rings is 2. The van der Waals surface area contributed by atoms with Crippen LogP contribution in [-0.4, -0.2) is 45.4 Å². The van der Waals surface area contributed by atoms with E-state index in [0.29, 0.717) is 36.0 Å². The number of hydrogen-bond acceptors (Lipinski definition) is 6. The Balaban J connectivity index is 0.848. The number of fused-ring (bicyclic) bond motifs is 7. The lowest BCUT2D eigenvalue weighted by molar-refractivity contribution is -0.251. The first-order chi connectivity index (χ1) is 31.8. The Bertz CT molecular complexity index is 2410. The van der Waals surface area contributed by atoms with Crippen molar-refractivity contribution < 1.29 is 28.2 Å². The highest BCUT2D eigenvalue weighted by molar-refractivity contribution is 5.85. The summed E-state index contributed by atoms with van der Waals surface area (Å²) >= 11 is 0. The number of aromatic amines is 1. The zero-order chi connectivity index (χ0) is 47.5. The lowest BCUT2D eigenvalue weighted by atomic mass is 9.32. The molecule has 3 aromatic rings. The Morgan fingerprint density at radius 3 is 2.24 bits per heavy atom. The highest BCUT2D eigenvalue weighted by Gasteiger charge is 2.72. The summed E-state index contributed by atoms with van der Waals surface area (Å²) in [4.78, 5) is 53.5. The maximum absolute atomic E-state index is 15.6. The van der Waals surface area contributed by atoms with Crippen LogP contribution in [0.1, 0.15) is 156 Å². The van der Waals surface area contributed by atoms with Gasteiger partial charge in [0.05, 0.1) is 35.2 Å². The highest BCUT2D eigenvalue weighted by atomic mass is 19.1.